The standard InChI is InChI=1S/C22H21ClN8O.2C2HF3O2/c23-16-4-2-15(3-5-16)22-27-19(28-29-22)11-30-7-8-31(20(32)12-30)10-14-1-6-17-18(9-14)25-13-26-21(17)24;2*3-2(4,5)1(6)7/h1-6,9,13H,7-8,10-12H2,(H2,24,25,26)(H,27,28,29);2*(H,6,7). The molecular formula is C26H23ClF6N8O5. The summed E-state index contributed by atoms with van der Waals surface area (Å²) in [5, 5.41) is 23.0. The van der Waals surface area contributed by atoms with Gasteiger partial charge in [0.2, 0.25) is 5.91 Å². The molecular weight excluding hydrogens is 654 g/mol. The summed E-state index contributed by atoms with van der Waals surface area (Å²) in [5.74, 6) is -3.64. The largest absolute Gasteiger partial charge is 0.490 e. The fourth-order valence-corrected chi connectivity index (χ4v) is 3.93. The average molecular weight is 677 g/mol. The van der Waals surface area contributed by atoms with Crippen molar-refractivity contribution in [2.45, 2.75) is 25.4 Å². The second-order valence-electron chi connectivity index (χ2n) is 9.35. The van der Waals surface area contributed by atoms with Crippen molar-refractivity contribution >= 4 is 46.2 Å². The first kappa shape index (κ1) is 35.4. The molecule has 2 aromatic carbocycles. The van der Waals surface area contributed by atoms with Crippen molar-refractivity contribution in [2.75, 3.05) is 25.4 Å². The fraction of sp³-hybridized carbons (Fsp3) is 0.269. The van der Waals surface area contributed by atoms with Gasteiger partial charge in [-0.25, -0.2) is 24.5 Å². The molecule has 5 rings (SSSR count). The molecule has 0 radical (unpaired) electrons. The number of hydrogen-bond acceptors (Lipinski definition) is 9. The van der Waals surface area contributed by atoms with Crippen molar-refractivity contribution < 1.29 is 50.9 Å². The van der Waals surface area contributed by atoms with Crippen LogP contribution in [0.1, 0.15) is 11.4 Å². The number of halogens is 7. The molecule has 1 aliphatic heterocycles. The van der Waals surface area contributed by atoms with Crippen molar-refractivity contribution in [3.05, 3.63) is 65.2 Å². The first-order chi connectivity index (χ1) is 21.4. The highest BCUT2D eigenvalue weighted by atomic mass is 35.5. The summed E-state index contributed by atoms with van der Waals surface area (Å²) in [7, 11) is 0. The third-order valence-corrected chi connectivity index (χ3v) is 6.25. The summed E-state index contributed by atoms with van der Waals surface area (Å²) in [5.41, 5.74) is 8.58. The number of nitrogen functional groups attached to an aromatic ring is 1. The molecule has 46 heavy (non-hydrogen) atoms. The molecule has 0 bridgehead atoms. The van der Waals surface area contributed by atoms with E-state index in [2.05, 4.69) is 30.0 Å². The number of carboxylic acid groups (broad SMARTS) is 2. The summed E-state index contributed by atoms with van der Waals surface area (Å²) in [6.07, 6.45) is -8.72. The van der Waals surface area contributed by atoms with Gasteiger partial charge in [0.1, 0.15) is 18.0 Å². The highest BCUT2D eigenvalue weighted by Crippen LogP contribution is 2.21. The predicted molar refractivity (Wildman–Crippen MR) is 149 cm³/mol. The van der Waals surface area contributed by atoms with E-state index in [4.69, 9.17) is 37.1 Å². The van der Waals surface area contributed by atoms with E-state index in [-0.39, 0.29) is 5.91 Å². The number of amides is 1. The number of rotatable bonds is 5. The Morgan fingerprint density at radius 2 is 1.54 bits per heavy atom. The van der Waals surface area contributed by atoms with Crippen molar-refractivity contribution in [1.82, 2.24) is 34.9 Å². The number of piperazine rings is 1. The van der Waals surface area contributed by atoms with Crippen LogP contribution in [0.5, 0.6) is 0 Å². The maximum absolute atomic E-state index is 12.8. The molecule has 246 valence electrons. The van der Waals surface area contributed by atoms with Crippen molar-refractivity contribution in [3.8, 4) is 11.4 Å². The highest BCUT2D eigenvalue weighted by Gasteiger charge is 2.38. The van der Waals surface area contributed by atoms with Gasteiger partial charge < -0.3 is 20.8 Å². The van der Waals surface area contributed by atoms with Gasteiger partial charge in [0.15, 0.2) is 5.82 Å². The van der Waals surface area contributed by atoms with E-state index in [0.29, 0.717) is 42.8 Å². The topological polar surface area (TPSA) is 192 Å². The van der Waals surface area contributed by atoms with Crippen LogP contribution in [0.2, 0.25) is 5.02 Å². The number of hydrogen-bond donors (Lipinski definition) is 4. The van der Waals surface area contributed by atoms with Crippen LogP contribution in [-0.4, -0.2) is 95.0 Å². The number of fused-ring (bicyclic) bond motifs is 1. The third kappa shape index (κ3) is 10.3. The lowest BCUT2D eigenvalue weighted by Gasteiger charge is -2.33. The van der Waals surface area contributed by atoms with Crippen LogP contribution < -0.4 is 5.73 Å². The fourth-order valence-electron chi connectivity index (χ4n) is 3.81. The zero-order valence-corrected chi connectivity index (χ0v) is 23.9. The van der Waals surface area contributed by atoms with Crippen LogP contribution in [0.3, 0.4) is 0 Å². The highest BCUT2D eigenvalue weighted by molar-refractivity contribution is 6.30. The van der Waals surface area contributed by atoms with Gasteiger partial charge in [-0.3, -0.25) is 14.8 Å². The Hall–Kier alpha value is -5.04. The maximum Gasteiger partial charge on any atom is 0.490 e. The second-order valence-corrected chi connectivity index (χ2v) is 9.79. The van der Waals surface area contributed by atoms with E-state index in [9.17, 15) is 31.1 Å². The number of H-pyrrole nitrogens is 1. The molecule has 1 aliphatic rings. The number of benzene rings is 2. The third-order valence-electron chi connectivity index (χ3n) is 6.00. The van der Waals surface area contributed by atoms with Crippen molar-refractivity contribution in [3.63, 3.8) is 0 Å². The molecule has 1 amide bonds. The van der Waals surface area contributed by atoms with E-state index in [1.54, 1.807) is 0 Å². The van der Waals surface area contributed by atoms with Gasteiger partial charge in [0.25, 0.3) is 0 Å². The molecule has 1 fully saturated rings. The number of anilines is 1. The Morgan fingerprint density at radius 1 is 0.935 bits per heavy atom. The first-order valence-corrected chi connectivity index (χ1v) is 13.1. The van der Waals surface area contributed by atoms with Gasteiger partial charge >= 0.3 is 24.3 Å². The minimum Gasteiger partial charge on any atom is -0.475 e. The van der Waals surface area contributed by atoms with Gasteiger partial charge in [0.05, 0.1) is 18.6 Å². The monoisotopic (exact) mass is 676 g/mol. The number of nitrogens with two attached hydrogens (primary N) is 1. The quantitative estimate of drug-likeness (QED) is 0.225. The molecule has 20 heteroatoms. The minimum atomic E-state index is -5.08. The zero-order chi connectivity index (χ0) is 34.2. The summed E-state index contributed by atoms with van der Waals surface area (Å²) >= 11 is 5.94. The average Bonchev–Trinajstić information content (AvgIpc) is 3.43. The molecule has 0 spiro atoms. The number of nitrogens with one attached hydrogen (secondary N) is 1. The Balaban J connectivity index is 0.000000345. The Kier molecular flexibility index (Phi) is 11.4. The van der Waals surface area contributed by atoms with E-state index < -0.39 is 24.3 Å². The first-order valence-electron chi connectivity index (χ1n) is 12.7. The molecule has 0 aliphatic carbocycles. The van der Waals surface area contributed by atoms with Crippen LogP contribution in [0, 0.1) is 0 Å². The lowest BCUT2D eigenvalue weighted by Crippen LogP contribution is -2.49. The van der Waals surface area contributed by atoms with Crippen LogP contribution in [0.15, 0.2) is 48.8 Å². The van der Waals surface area contributed by atoms with Crippen LogP contribution in [0.25, 0.3) is 22.3 Å². The number of aliphatic carboxylic acids is 2. The lowest BCUT2D eigenvalue weighted by molar-refractivity contribution is -0.193. The normalized spacial score (nSPS) is 13.8. The van der Waals surface area contributed by atoms with Gasteiger partial charge in [-0.15, -0.1) is 0 Å². The van der Waals surface area contributed by atoms with E-state index in [0.717, 1.165) is 34.4 Å². The minimum absolute atomic E-state index is 0.0796. The molecule has 0 unspecified atom stereocenters. The van der Waals surface area contributed by atoms with Crippen LogP contribution in [-0.2, 0) is 27.5 Å². The molecule has 5 N–H and O–H groups in total. The number of aromatic nitrogens is 5. The number of carbonyl (C=O) groups excluding carboxylic acids is 1. The molecule has 4 aromatic rings. The van der Waals surface area contributed by atoms with Crippen LogP contribution >= 0.6 is 11.6 Å². The number of aromatic amines is 1. The smallest absolute Gasteiger partial charge is 0.475 e. The Labute approximate surface area is 259 Å². The second kappa shape index (κ2) is 14.8. The van der Waals surface area contributed by atoms with Gasteiger partial charge in [0, 0.05) is 35.6 Å². The number of alkyl halides is 6. The molecule has 3 heterocycles. The van der Waals surface area contributed by atoms with Gasteiger partial charge in [-0.1, -0.05) is 17.7 Å². The summed E-state index contributed by atoms with van der Waals surface area (Å²) in [6.45, 7) is 2.80. The maximum atomic E-state index is 12.8. The summed E-state index contributed by atoms with van der Waals surface area (Å²) in [6, 6.07) is 13.2. The zero-order valence-electron chi connectivity index (χ0n) is 23.2. The molecule has 0 saturated carbocycles. The number of carbonyl (C=O) groups is 3. The van der Waals surface area contributed by atoms with Gasteiger partial charge in [-0.05, 0) is 42.0 Å². The Bertz CT molecular complexity index is 1660. The summed E-state index contributed by atoms with van der Waals surface area (Å²) < 4.78 is 63.5. The number of nitrogens with zero attached hydrogens (tertiary/aromatic N) is 6. The predicted octanol–water partition coefficient (Wildman–Crippen LogP) is 3.76. The molecule has 13 nitrogen and oxygen atoms in total. The molecule has 1 saturated heterocycles. The SMILES string of the molecule is Nc1ncnc2cc(CN3CCN(Cc4nc(-c5ccc(Cl)cc5)n[nH]4)CC3=O)ccc12.O=C(O)C(F)(F)F.O=C(O)C(F)(F)F. The summed E-state index contributed by atoms with van der Waals surface area (Å²) in [4.78, 5) is 47.3. The Morgan fingerprint density at radius 3 is 2.11 bits per heavy atom. The van der Waals surface area contributed by atoms with Crippen molar-refractivity contribution in [2.24, 2.45) is 0 Å². The van der Waals surface area contributed by atoms with Gasteiger partial charge in [-0.2, -0.15) is 31.4 Å². The van der Waals surface area contributed by atoms with E-state index >= 15 is 0 Å². The van der Waals surface area contributed by atoms with Crippen LogP contribution in [0.4, 0.5) is 32.2 Å². The van der Waals surface area contributed by atoms with E-state index in [1.807, 2.05) is 47.4 Å². The lowest BCUT2D eigenvalue weighted by atomic mass is 10.1. The van der Waals surface area contributed by atoms with Crippen molar-refractivity contribution in [1.29, 1.82) is 0 Å². The van der Waals surface area contributed by atoms with E-state index in [1.165, 1.54) is 6.33 Å². The number of carboxylic acids is 2. The molecule has 2 aromatic heterocycles. The molecule has 0 atom stereocenters.